The number of halogens is 1. The molecule has 0 unspecified atom stereocenters. The highest BCUT2D eigenvalue weighted by atomic mass is 35.6. The zero-order valence-corrected chi connectivity index (χ0v) is 6.47. The molecular formula is C5H12ClNO3. The molecule has 1 rings (SSSR count). The van der Waals surface area contributed by atoms with Crippen LogP contribution in [0.15, 0.2) is 0 Å². The molecule has 0 aliphatic carbocycles. The van der Waals surface area contributed by atoms with Crippen molar-refractivity contribution in [1.29, 1.82) is 0 Å². The monoisotopic (exact) mass is 169 g/mol. The van der Waals surface area contributed by atoms with Gasteiger partial charge in [-0.15, -0.1) is 0 Å². The van der Waals surface area contributed by atoms with Gasteiger partial charge in [0.25, 0.3) is 0 Å². The van der Waals surface area contributed by atoms with Crippen LogP contribution in [0.25, 0.3) is 0 Å². The molecule has 2 N–H and O–H groups in total. The van der Waals surface area contributed by atoms with Gasteiger partial charge in [-0.2, -0.15) is 0 Å². The van der Waals surface area contributed by atoms with Gasteiger partial charge >= 0.3 is 0 Å². The number of quaternary nitrogens is 1. The highest BCUT2D eigenvalue weighted by Gasteiger charge is 1.97. The van der Waals surface area contributed by atoms with E-state index in [-0.39, 0.29) is 0 Å². The summed E-state index contributed by atoms with van der Waals surface area (Å²) in [7, 11) is -2.85. The van der Waals surface area contributed by atoms with Crippen molar-refractivity contribution in [2.75, 3.05) is 13.1 Å². The van der Waals surface area contributed by atoms with Gasteiger partial charge in [-0.3, -0.25) is 0 Å². The lowest BCUT2D eigenvalue weighted by atomic mass is 10.2. The minimum Gasteiger partial charge on any atom is -0.357 e. The van der Waals surface area contributed by atoms with Crippen LogP contribution in [0.1, 0.15) is 19.3 Å². The van der Waals surface area contributed by atoms with Crippen LogP contribution < -0.4 is 19.3 Å². The lowest BCUT2D eigenvalue weighted by molar-refractivity contribution is -1.73. The summed E-state index contributed by atoms with van der Waals surface area (Å²) in [6.45, 7) is 2.75. The van der Waals surface area contributed by atoms with Crippen LogP contribution in [0.2, 0.25) is 0 Å². The molecular weight excluding hydrogens is 158 g/mol. The van der Waals surface area contributed by atoms with Crippen LogP contribution in [0.4, 0.5) is 0 Å². The van der Waals surface area contributed by atoms with Crippen molar-refractivity contribution >= 4 is 0 Å². The molecule has 5 heteroatoms. The van der Waals surface area contributed by atoms with E-state index >= 15 is 0 Å². The van der Waals surface area contributed by atoms with Crippen molar-refractivity contribution in [3.05, 3.63) is 0 Å². The normalized spacial score (nSPS) is 18.0. The van der Waals surface area contributed by atoms with E-state index in [1.807, 2.05) is 0 Å². The summed E-state index contributed by atoms with van der Waals surface area (Å²) in [6, 6.07) is 0. The van der Waals surface area contributed by atoms with Crippen molar-refractivity contribution < 1.29 is 30.1 Å². The van der Waals surface area contributed by atoms with E-state index < -0.39 is 10.8 Å². The van der Waals surface area contributed by atoms with E-state index in [4.69, 9.17) is 14.0 Å². The maximum atomic E-state index is 8.41. The van der Waals surface area contributed by atoms with Crippen LogP contribution in [-0.2, 0) is 0 Å². The summed E-state index contributed by atoms with van der Waals surface area (Å²) in [6.07, 6.45) is 4.36. The number of piperidine rings is 1. The smallest absolute Gasteiger partial charge is 0.0755 e. The lowest BCUT2D eigenvalue weighted by Crippen LogP contribution is -2.85. The van der Waals surface area contributed by atoms with Gasteiger partial charge in [0.1, 0.15) is 0 Å². The Morgan fingerprint density at radius 2 is 1.30 bits per heavy atom. The van der Waals surface area contributed by atoms with Gasteiger partial charge in [-0.05, 0) is 19.3 Å². The van der Waals surface area contributed by atoms with Gasteiger partial charge in [-0.1, -0.05) is 0 Å². The molecule has 4 nitrogen and oxygen atoms in total. The first kappa shape index (κ1) is 10.1. The summed E-state index contributed by atoms with van der Waals surface area (Å²) in [5, 5.41) is 2.39. The second kappa shape index (κ2) is 7.24. The third kappa shape index (κ3) is 11.0. The molecule has 62 valence electrons. The van der Waals surface area contributed by atoms with Crippen LogP contribution in [0.3, 0.4) is 0 Å². The topological polar surface area (TPSA) is 85.8 Å². The Morgan fingerprint density at radius 3 is 1.40 bits per heavy atom. The van der Waals surface area contributed by atoms with E-state index in [0.717, 1.165) is 0 Å². The number of rotatable bonds is 0. The Kier molecular flexibility index (Phi) is 7.33. The Morgan fingerprint density at radius 1 is 0.900 bits per heavy atom. The fourth-order valence-corrected chi connectivity index (χ4v) is 0.898. The number of nitrogens with two attached hydrogens (primary N) is 1. The molecule has 1 aliphatic heterocycles. The Labute approximate surface area is 63.3 Å². The second-order valence-corrected chi connectivity index (χ2v) is 2.49. The molecule has 0 spiro atoms. The number of hydrogen-bond donors (Lipinski definition) is 1. The molecule has 10 heavy (non-hydrogen) atoms. The average Bonchev–Trinajstić information content (AvgIpc) is 1.90. The third-order valence-corrected chi connectivity index (χ3v) is 1.32. The fourth-order valence-electron chi connectivity index (χ4n) is 0.898. The standard InChI is InChI=1S/C5H11N.ClO3/c1-2-4-6-5-3-1;2-1(3)4/h6H,1-5H2;/q;-1/p+1. The molecule has 0 bridgehead atoms. The van der Waals surface area contributed by atoms with Crippen molar-refractivity contribution in [3.8, 4) is 0 Å². The van der Waals surface area contributed by atoms with Gasteiger partial charge in [0.2, 0.25) is 0 Å². The molecule has 0 saturated carbocycles. The van der Waals surface area contributed by atoms with Gasteiger partial charge in [-0.25, -0.2) is 0 Å². The van der Waals surface area contributed by atoms with Gasteiger partial charge in [0, 0.05) is 0 Å². The highest BCUT2D eigenvalue weighted by molar-refractivity contribution is 4.40. The fraction of sp³-hybridized carbons (Fsp3) is 1.00. The van der Waals surface area contributed by atoms with E-state index in [0.29, 0.717) is 0 Å². The van der Waals surface area contributed by atoms with Crippen molar-refractivity contribution in [2.24, 2.45) is 0 Å². The zero-order valence-electron chi connectivity index (χ0n) is 5.72. The minimum absolute atomic E-state index is 1.38. The second-order valence-electron chi connectivity index (χ2n) is 2.12. The SMILES string of the molecule is C1CC[NH2+]CC1.[O-][Cl+2]([O-])[O-]. The first-order valence-corrected chi connectivity index (χ1v) is 4.21. The van der Waals surface area contributed by atoms with Crippen LogP contribution >= 0.6 is 0 Å². The van der Waals surface area contributed by atoms with Crippen molar-refractivity contribution in [1.82, 2.24) is 0 Å². The first-order chi connectivity index (χ1) is 4.73. The summed E-state index contributed by atoms with van der Waals surface area (Å²) < 4.78 is 25.2. The predicted octanol–water partition coefficient (Wildman–Crippen LogP) is -3.83. The van der Waals surface area contributed by atoms with E-state index in [1.165, 1.54) is 32.4 Å². The molecule has 0 aromatic rings. The summed E-state index contributed by atoms with van der Waals surface area (Å²) >= 11 is 0. The van der Waals surface area contributed by atoms with Gasteiger partial charge in [0.05, 0.1) is 23.9 Å². The summed E-state index contributed by atoms with van der Waals surface area (Å²) in [5.74, 6) is 0. The summed E-state index contributed by atoms with van der Waals surface area (Å²) in [5.41, 5.74) is 0. The molecule has 0 aromatic carbocycles. The maximum absolute atomic E-state index is 8.41. The Hall–Kier alpha value is 0.130. The van der Waals surface area contributed by atoms with Crippen molar-refractivity contribution in [3.63, 3.8) is 0 Å². The molecule has 1 saturated heterocycles. The van der Waals surface area contributed by atoms with Crippen LogP contribution in [0.5, 0.6) is 0 Å². The molecule has 1 aliphatic rings. The predicted molar refractivity (Wildman–Crippen MR) is 25.5 cm³/mol. The summed E-state index contributed by atoms with van der Waals surface area (Å²) in [4.78, 5) is 0. The quantitative estimate of drug-likeness (QED) is 0.403. The van der Waals surface area contributed by atoms with Gasteiger partial charge in [0.15, 0.2) is 0 Å². The third-order valence-electron chi connectivity index (χ3n) is 1.32. The molecule has 0 radical (unpaired) electrons. The van der Waals surface area contributed by atoms with Crippen molar-refractivity contribution in [2.45, 2.75) is 19.3 Å². The van der Waals surface area contributed by atoms with Crippen LogP contribution in [-0.4, -0.2) is 13.1 Å². The van der Waals surface area contributed by atoms with E-state index in [9.17, 15) is 0 Å². The Balaban J connectivity index is 0.000000180. The van der Waals surface area contributed by atoms with Gasteiger partial charge < -0.3 is 19.3 Å². The zero-order chi connectivity index (χ0) is 7.82. The molecule has 1 fully saturated rings. The highest BCUT2D eigenvalue weighted by Crippen LogP contribution is 1.91. The molecule has 0 amide bonds. The average molecular weight is 170 g/mol. The van der Waals surface area contributed by atoms with E-state index in [1.54, 1.807) is 0 Å². The first-order valence-electron chi connectivity index (χ1n) is 3.28. The largest absolute Gasteiger partial charge is 0.357 e. The minimum atomic E-state index is -2.85. The van der Waals surface area contributed by atoms with Crippen LogP contribution in [0, 0.1) is 10.8 Å². The van der Waals surface area contributed by atoms with E-state index in [2.05, 4.69) is 5.32 Å². The molecule has 0 aromatic heterocycles. The Bertz CT molecular complexity index is 53.6. The maximum Gasteiger partial charge on any atom is 0.0755 e. The lowest BCUT2D eigenvalue weighted by Gasteiger charge is -2.05. The number of hydrogen-bond acceptors (Lipinski definition) is 3. The molecule has 0 atom stereocenters. The molecule has 1 heterocycles.